The zero-order valence-electron chi connectivity index (χ0n) is 6.45. The zero-order chi connectivity index (χ0) is 9.26. The maximum Gasteiger partial charge on any atom is 0.300 e. The van der Waals surface area contributed by atoms with Crippen LogP contribution in [0.15, 0.2) is 28.8 Å². The number of hydrogen-bond acceptors (Lipinski definition) is 4. The van der Waals surface area contributed by atoms with E-state index in [0.717, 1.165) is 5.56 Å². The minimum atomic E-state index is 0.102. The van der Waals surface area contributed by atoms with Gasteiger partial charge in [0, 0.05) is 10.6 Å². The average Bonchev–Trinajstić information content (AvgIpc) is 2.53. The Morgan fingerprint density at radius 2 is 2.00 bits per heavy atom. The summed E-state index contributed by atoms with van der Waals surface area (Å²) in [5.74, 6) is 0. The number of aromatic nitrogens is 1. The molecule has 2 aromatic rings. The highest BCUT2D eigenvalue weighted by Crippen LogP contribution is 2.20. The van der Waals surface area contributed by atoms with Crippen LogP contribution in [0.5, 0.6) is 0 Å². The summed E-state index contributed by atoms with van der Waals surface area (Å²) >= 11 is 6.92. The van der Waals surface area contributed by atoms with Crippen molar-refractivity contribution in [2.75, 3.05) is 0 Å². The summed E-state index contributed by atoms with van der Waals surface area (Å²) in [6, 6.07) is 7.25. The first-order chi connectivity index (χ1) is 6.25. The van der Waals surface area contributed by atoms with Crippen molar-refractivity contribution in [3.63, 3.8) is 0 Å². The number of benzene rings is 1. The molecule has 0 radical (unpaired) electrons. The Kier molecular flexibility index (Phi) is 2.16. The standard InChI is InChI=1S/C8H5ClN2OS/c9-6-3-1-5(2-4-6)7-11-12-8(10)13-7/h1-4,10H. The molecule has 0 saturated heterocycles. The Bertz CT molecular complexity index is 459. The molecule has 0 fully saturated rings. The van der Waals surface area contributed by atoms with E-state index >= 15 is 0 Å². The molecular formula is C8H5ClN2OS. The van der Waals surface area contributed by atoms with Crippen molar-refractivity contribution < 1.29 is 4.52 Å². The molecule has 0 aliphatic rings. The summed E-state index contributed by atoms with van der Waals surface area (Å²) in [5.41, 5.74) is 0.914. The largest absolute Gasteiger partial charge is 0.324 e. The lowest BCUT2D eigenvalue weighted by molar-refractivity contribution is 0.383. The van der Waals surface area contributed by atoms with Gasteiger partial charge >= 0.3 is 0 Å². The van der Waals surface area contributed by atoms with Gasteiger partial charge in [0.25, 0.3) is 4.87 Å². The lowest BCUT2D eigenvalue weighted by atomic mass is 10.2. The van der Waals surface area contributed by atoms with Crippen molar-refractivity contribution >= 4 is 22.9 Å². The fourth-order valence-corrected chi connectivity index (χ4v) is 1.62. The second kappa shape index (κ2) is 3.32. The van der Waals surface area contributed by atoms with Crippen molar-refractivity contribution in [1.82, 2.24) is 5.16 Å². The molecule has 0 bridgehead atoms. The fourth-order valence-electron chi connectivity index (χ4n) is 0.912. The highest BCUT2D eigenvalue weighted by Gasteiger charge is 2.02. The Labute approximate surface area is 83.1 Å². The van der Waals surface area contributed by atoms with Crippen LogP contribution in [-0.4, -0.2) is 5.16 Å². The van der Waals surface area contributed by atoms with E-state index in [1.54, 1.807) is 12.1 Å². The van der Waals surface area contributed by atoms with E-state index in [1.165, 1.54) is 11.3 Å². The zero-order valence-corrected chi connectivity index (χ0v) is 8.02. The van der Waals surface area contributed by atoms with Gasteiger partial charge in [-0.1, -0.05) is 40.2 Å². The Morgan fingerprint density at radius 3 is 2.54 bits per heavy atom. The van der Waals surface area contributed by atoms with Crippen LogP contribution in [0.3, 0.4) is 0 Å². The minimum absolute atomic E-state index is 0.102. The summed E-state index contributed by atoms with van der Waals surface area (Å²) in [6.45, 7) is 0. The van der Waals surface area contributed by atoms with Crippen LogP contribution in [0.2, 0.25) is 5.02 Å². The molecule has 1 aromatic heterocycles. The molecule has 0 aliphatic heterocycles. The predicted molar refractivity (Wildman–Crippen MR) is 50.7 cm³/mol. The van der Waals surface area contributed by atoms with Crippen LogP contribution in [0.1, 0.15) is 0 Å². The first-order valence-corrected chi connectivity index (χ1v) is 4.72. The summed E-state index contributed by atoms with van der Waals surface area (Å²) in [7, 11) is 0. The molecule has 0 saturated carbocycles. The summed E-state index contributed by atoms with van der Waals surface area (Å²) < 4.78 is 4.65. The smallest absolute Gasteiger partial charge is 0.300 e. The second-order valence-electron chi connectivity index (χ2n) is 2.38. The molecule has 3 nitrogen and oxygen atoms in total. The number of nitrogens with one attached hydrogen (secondary N) is 1. The highest BCUT2D eigenvalue weighted by molar-refractivity contribution is 7.12. The van der Waals surface area contributed by atoms with Gasteiger partial charge in [-0.15, -0.1) is 0 Å². The number of hydrogen-bond donors (Lipinski definition) is 1. The molecule has 2 rings (SSSR count). The summed E-state index contributed by atoms with van der Waals surface area (Å²) in [5, 5.41) is 12.3. The third-order valence-corrected chi connectivity index (χ3v) is 2.51. The van der Waals surface area contributed by atoms with Crippen LogP contribution < -0.4 is 4.87 Å². The van der Waals surface area contributed by atoms with Crippen molar-refractivity contribution in [3.05, 3.63) is 34.2 Å². The minimum Gasteiger partial charge on any atom is -0.324 e. The molecule has 5 heteroatoms. The normalized spacial score (nSPS) is 10.2. The van der Waals surface area contributed by atoms with E-state index in [0.29, 0.717) is 10.0 Å². The van der Waals surface area contributed by atoms with Crippen LogP contribution in [0.25, 0.3) is 10.6 Å². The molecule has 1 aromatic carbocycles. The molecule has 0 unspecified atom stereocenters. The fraction of sp³-hybridized carbons (Fsp3) is 0. The third-order valence-electron chi connectivity index (χ3n) is 1.49. The van der Waals surface area contributed by atoms with Gasteiger partial charge in [-0.25, -0.2) is 0 Å². The monoisotopic (exact) mass is 212 g/mol. The molecule has 13 heavy (non-hydrogen) atoms. The van der Waals surface area contributed by atoms with Crippen molar-refractivity contribution in [2.24, 2.45) is 0 Å². The topological polar surface area (TPSA) is 49.9 Å². The van der Waals surface area contributed by atoms with Gasteiger partial charge in [-0.3, -0.25) is 5.41 Å². The number of nitrogens with zero attached hydrogens (tertiary/aromatic N) is 1. The highest BCUT2D eigenvalue weighted by atomic mass is 35.5. The van der Waals surface area contributed by atoms with Gasteiger partial charge in [0.05, 0.1) is 0 Å². The molecule has 0 atom stereocenters. The van der Waals surface area contributed by atoms with Gasteiger partial charge in [0.1, 0.15) is 0 Å². The van der Waals surface area contributed by atoms with Gasteiger partial charge in [0.2, 0.25) is 0 Å². The molecular weight excluding hydrogens is 208 g/mol. The average molecular weight is 213 g/mol. The SMILES string of the molecule is N=c1onc(-c2ccc(Cl)cc2)s1. The maximum atomic E-state index is 7.17. The van der Waals surface area contributed by atoms with E-state index in [4.69, 9.17) is 17.0 Å². The summed E-state index contributed by atoms with van der Waals surface area (Å²) in [4.78, 5) is 0.102. The lowest BCUT2D eigenvalue weighted by Crippen LogP contribution is -1.80. The second-order valence-corrected chi connectivity index (χ2v) is 3.78. The van der Waals surface area contributed by atoms with E-state index in [2.05, 4.69) is 9.68 Å². The molecule has 0 spiro atoms. The van der Waals surface area contributed by atoms with E-state index in [9.17, 15) is 0 Å². The number of rotatable bonds is 1. The maximum absolute atomic E-state index is 7.17. The molecule has 66 valence electrons. The third kappa shape index (κ3) is 1.79. The first kappa shape index (κ1) is 8.47. The Hall–Kier alpha value is -1.13. The van der Waals surface area contributed by atoms with Crippen LogP contribution >= 0.6 is 22.9 Å². The summed E-state index contributed by atoms with van der Waals surface area (Å²) in [6.07, 6.45) is 0. The van der Waals surface area contributed by atoms with Gasteiger partial charge in [-0.05, 0) is 12.1 Å². The van der Waals surface area contributed by atoms with E-state index in [1.807, 2.05) is 12.1 Å². The Balaban J connectivity index is 2.47. The van der Waals surface area contributed by atoms with Crippen molar-refractivity contribution in [2.45, 2.75) is 0 Å². The van der Waals surface area contributed by atoms with Crippen molar-refractivity contribution in [3.8, 4) is 10.6 Å². The van der Waals surface area contributed by atoms with Crippen LogP contribution in [-0.2, 0) is 0 Å². The number of halogens is 1. The van der Waals surface area contributed by atoms with Gasteiger partial charge in [-0.2, -0.15) is 0 Å². The molecule has 1 N–H and O–H groups in total. The molecule has 1 heterocycles. The lowest BCUT2D eigenvalue weighted by Gasteiger charge is -1.92. The van der Waals surface area contributed by atoms with Crippen LogP contribution in [0.4, 0.5) is 0 Å². The van der Waals surface area contributed by atoms with Crippen LogP contribution in [0, 0.1) is 5.41 Å². The molecule has 0 aliphatic carbocycles. The van der Waals surface area contributed by atoms with Gasteiger partial charge < -0.3 is 4.52 Å². The Morgan fingerprint density at radius 1 is 1.31 bits per heavy atom. The first-order valence-electron chi connectivity index (χ1n) is 3.53. The van der Waals surface area contributed by atoms with E-state index < -0.39 is 0 Å². The van der Waals surface area contributed by atoms with E-state index in [-0.39, 0.29) is 4.87 Å². The van der Waals surface area contributed by atoms with Gasteiger partial charge in [0.15, 0.2) is 5.01 Å². The van der Waals surface area contributed by atoms with Crippen molar-refractivity contribution in [1.29, 1.82) is 5.41 Å². The predicted octanol–water partition coefficient (Wildman–Crippen LogP) is 2.54. The quantitative estimate of drug-likeness (QED) is 0.790. The molecule has 0 amide bonds.